The molecule has 0 atom stereocenters. The number of nitrogen functional groups attached to an aromatic ring is 1. The monoisotopic (exact) mass is 269 g/mol. The second-order valence-electron chi connectivity index (χ2n) is 6.16. The van der Waals surface area contributed by atoms with E-state index in [4.69, 9.17) is 15.9 Å². The van der Waals surface area contributed by atoms with E-state index in [9.17, 15) is 0 Å². The molecule has 1 aromatic heterocycles. The second kappa shape index (κ2) is 5.56. The van der Waals surface area contributed by atoms with E-state index >= 15 is 0 Å². The summed E-state index contributed by atoms with van der Waals surface area (Å²) in [5, 5.41) is 18.1. The van der Waals surface area contributed by atoms with Gasteiger partial charge in [0.1, 0.15) is 0 Å². The van der Waals surface area contributed by atoms with Crippen LogP contribution in [-0.4, -0.2) is 35.4 Å². The van der Waals surface area contributed by atoms with Crippen LogP contribution in [0.4, 0.5) is 5.82 Å². The fourth-order valence-electron chi connectivity index (χ4n) is 2.45. The second-order valence-corrected chi connectivity index (χ2v) is 6.16. The van der Waals surface area contributed by atoms with E-state index in [1.54, 1.807) is 7.11 Å². The normalized spacial score (nSPS) is 12.5. The van der Waals surface area contributed by atoms with Gasteiger partial charge >= 0.3 is 0 Å². The topological polar surface area (TPSA) is 110 Å². The Balaban J connectivity index is 2.69. The summed E-state index contributed by atoms with van der Waals surface area (Å²) in [4.78, 5) is 0. The Bertz CT molecular complexity index is 439. The third-order valence-electron chi connectivity index (χ3n) is 2.67. The van der Waals surface area contributed by atoms with Crippen molar-refractivity contribution in [2.75, 3.05) is 19.5 Å². The maximum Gasteiger partial charge on any atom is 0.199 e. The van der Waals surface area contributed by atoms with Crippen LogP contribution in [0.2, 0.25) is 0 Å². The number of nitrogens with zero attached hydrogens (tertiary/aromatic N) is 2. The molecule has 1 aromatic rings. The zero-order valence-corrected chi connectivity index (χ0v) is 12.2. The molecule has 0 aromatic carbocycles. The van der Waals surface area contributed by atoms with Gasteiger partial charge in [-0.1, -0.05) is 13.8 Å². The summed E-state index contributed by atoms with van der Waals surface area (Å²) < 4.78 is 9.70. The summed E-state index contributed by atoms with van der Waals surface area (Å²) in [6.45, 7) is 8.93. The van der Waals surface area contributed by atoms with Crippen LogP contribution in [0.5, 0.6) is 0 Å². The standard InChI is InChI=1S/C12H23N5O2/c1-11(2,7-18-5)6-12(3,4)15-9(13)8-10(14)17-19-16-8/h6-7H2,1-5H3,(H2,13,15)(H2,14,17). The van der Waals surface area contributed by atoms with Crippen LogP contribution in [0.3, 0.4) is 0 Å². The molecule has 19 heavy (non-hydrogen) atoms. The molecule has 0 saturated carbocycles. The molecule has 1 heterocycles. The van der Waals surface area contributed by atoms with E-state index in [2.05, 4.69) is 34.1 Å². The largest absolute Gasteiger partial charge is 0.384 e. The van der Waals surface area contributed by atoms with Crippen molar-refractivity contribution in [3.05, 3.63) is 5.69 Å². The average Bonchev–Trinajstić information content (AvgIpc) is 2.61. The Labute approximate surface area is 113 Å². The SMILES string of the molecule is COCC(C)(C)CC(C)(C)NC(=N)c1nonc1N. The summed E-state index contributed by atoms with van der Waals surface area (Å²) in [7, 11) is 1.69. The highest BCUT2D eigenvalue weighted by Crippen LogP contribution is 2.28. The van der Waals surface area contributed by atoms with Crippen LogP contribution in [0.25, 0.3) is 0 Å². The number of amidine groups is 1. The number of hydrogen-bond donors (Lipinski definition) is 3. The van der Waals surface area contributed by atoms with Gasteiger partial charge in [0.25, 0.3) is 0 Å². The van der Waals surface area contributed by atoms with Crippen LogP contribution in [0.1, 0.15) is 39.8 Å². The molecule has 4 N–H and O–H groups in total. The Morgan fingerprint density at radius 2 is 2.00 bits per heavy atom. The third kappa shape index (κ3) is 4.51. The first-order valence-electron chi connectivity index (χ1n) is 6.11. The number of ether oxygens (including phenoxy) is 1. The number of methoxy groups -OCH3 is 1. The van der Waals surface area contributed by atoms with Crippen molar-refractivity contribution in [1.29, 1.82) is 5.41 Å². The molecule has 0 aliphatic carbocycles. The lowest BCUT2D eigenvalue weighted by atomic mass is 9.80. The van der Waals surface area contributed by atoms with Gasteiger partial charge in [0.15, 0.2) is 17.3 Å². The lowest BCUT2D eigenvalue weighted by molar-refractivity contribution is 0.0812. The van der Waals surface area contributed by atoms with Gasteiger partial charge in [-0.05, 0) is 36.0 Å². The number of aromatic nitrogens is 2. The summed E-state index contributed by atoms with van der Waals surface area (Å²) in [6.07, 6.45) is 0.821. The molecule has 1 rings (SSSR count). The van der Waals surface area contributed by atoms with Crippen molar-refractivity contribution >= 4 is 11.7 Å². The van der Waals surface area contributed by atoms with Gasteiger partial charge < -0.3 is 15.8 Å². The van der Waals surface area contributed by atoms with E-state index in [0.29, 0.717) is 6.61 Å². The predicted molar refractivity (Wildman–Crippen MR) is 73.0 cm³/mol. The minimum Gasteiger partial charge on any atom is -0.384 e. The third-order valence-corrected chi connectivity index (χ3v) is 2.67. The van der Waals surface area contributed by atoms with Gasteiger partial charge in [-0.3, -0.25) is 5.41 Å². The summed E-state index contributed by atoms with van der Waals surface area (Å²) in [5.41, 5.74) is 5.50. The molecule has 0 aliphatic rings. The maximum absolute atomic E-state index is 7.97. The molecule has 0 bridgehead atoms. The smallest absolute Gasteiger partial charge is 0.199 e. The Morgan fingerprint density at radius 3 is 2.47 bits per heavy atom. The maximum atomic E-state index is 7.97. The van der Waals surface area contributed by atoms with Gasteiger partial charge in [0.2, 0.25) is 0 Å². The number of anilines is 1. The number of nitrogens with two attached hydrogens (primary N) is 1. The number of nitrogens with one attached hydrogen (secondary N) is 2. The first-order chi connectivity index (χ1) is 8.67. The fourth-order valence-corrected chi connectivity index (χ4v) is 2.45. The minimum atomic E-state index is -0.301. The molecule has 0 saturated heterocycles. The van der Waals surface area contributed by atoms with E-state index in [1.807, 2.05) is 13.8 Å². The van der Waals surface area contributed by atoms with Crippen molar-refractivity contribution < 1.29 is 9.37 Å². The van der Waals surface area contributed by atoms with Gasteiger partial charge in [0.05, 0.1) is 6.61 Å². The van der Waals surface area contributed by atoms with Crippen LogP contribution in [0.15, 0.2) is 4.63 Å². The fraction of sp³-hybridized carbons (Fsp3) is 0.750. The lowest BCUT2D eigenvalue weighted by Gasteiger charge is -2.35. The summed E-state index contributed by atoms with van der Waals surface area (Å²) >= 11 is 0. The van der Waals surface area contributed by atoms with Crippen LogP contribution in [-0.2, 0) is 4.74 Å². The Hall–Kier alpha value is -1.63. The predicted octanol–water partition coefficient (Wildman–Crippen LogP) is 1.41. The van der Waals surface area contributed by atoms with Crippen molar-refractivity contribution in [2.24, 2.45) is 5.41 Å². The highest BCUT2D eigenvalue weighted by molar-refractivity contribution is 5.98. The molecule has 0 amide bonds. The highest BCUT2D eigenvalue weighted by atomic mass is 16.6. The number of hydrogen-bond acceptors (Lipinski definition) is 6. The Kier molecular flexibility index (Phi) is 4.52. The molecule has 0 radical (unpaired) electrons. The van der Waals surface area contributed by atoms with Gasteiger partial charge in [-0.25, -0.2) is 4.63 Å². The minimum absolute atomic E-state index is 0.000844. The van der Waals surface area contributed by atoms with Gasteiger partial charge in [-0.2, -0.15) is 0 Å². The van der Waals surface area contributed by atoms with Crippen LogP contribution in [0, 0.1) is 10.8 Å². The summed E-state index contributed by atoms with van der Waals surface area (Å²) in [6, 6.07) is 0. The molecule has 7 heteroatoms. The van der Waals surface area contributed by atoms with E-state index in [1.165, 1.54) is 0 Å². The molecule has 108 valence electrons. The van der Waals surface area contributed by atoms with Crippen LogP contribution >= 0.6 is 0 Å². The van der Waals surface area contributed by atoms with Crippen molar-refractivity contribution in [3.63, 3.8) is 0 Å². The molecule has 0 fully saturated rings. The lowest BCUT2D eigenvalue weighted by Crippen LogP contribution is -2.47. The van der Waals surface area contributed by atoms with Gasteiger partial charge in [-0.15, -0.1) is 0 Å². The zero-order chi connectivity index (χ0) is 14.7. The molecular formula is C12H23N5O2. The molecule has 0 aliphatic heterocycles. The first-order valence-corrected chi connectivity index (χ1v) is 6.11. The highest BCUT2D eigenvalue weighted by Gasteiger charge is 2.30. The van der Waals surface area contributed by atoms with E-state index in [-0.39, 0.29) is 28.3 Å². The van der Waals surface area contributed by atoms with Crippen molar-refractivity contribution in [1.82, 2.24) is 15.6 Å². The Morgan fingerprint density at radius 1 is 1.37 bits per heavy atom. The van der Waals surface area contributed by atoms with E-state index in [0.717, 1.165) is 6.42 Å². The number of rotatable bonds is 6. The molecule has 0 unspecified atom stereocenters. The van der Waals surface area contributed by atoms with Gasteiger partial charge in [0, 0.05) is 12.6 Å². The van der Waals surface area contributed by atoms with E-state index < -0.39 is 0 Å². The molecule has 0 spiro atoms. The average molecular weight is 269 g/mol. The molecular weight excluding hydrogens is 246 g/mol. The zero-order valence-electron chi connectivity index (χ0n) is 12.2. The quantitative estimate of drug-likeness (QED) is 0.532. The first kappa shape index (κ1) is 15.4. The van der Waals surface area contributed by atoms with Crippen molar-refractivity contribution in [2.45, 2.75) is 39.7 Å². The van der Waals surface area contributed by atoms with Crippen molar-refractivity contribution in [3.8, 4) is 0 Å². The summed E-state index contributed by atoms with van der Waals surface area (Å²) in [5.74, 6) is 0.224. The molecule has 7 nitrogen and oxygen atoms in total. The van der Waals surface area contributed by atoms with Crippen LogP contribution < -0.4 is 11.1 Å².